The Kier molecular flexibility index (Phi) is 4.44. The maximum absolute atomic E-state index is 9.76. The second-order valence-electron chi connectivity index (χ2n) is 3.71. The van der Waals surface area contributed by atoms with Crippen LogP contribution in [0.4, 0.5) is 0 Å². The highest BCUT2D eigenvalue weighted by Gasteiger charge is 2.18. The fourth-order valence-electron chi connectivity index (χ4n) is 0.928. The summed E-state index contributed by atoms with van der Waals surface area (Å²) in [6, 6.07) is 5.29. The predicted molar refractivity (Wildman–Crippen MR) is 65.6 cm³/mol. The van der Waals surface area contributed by atoms with Crippen molar-refractivity contribution in [3.63, 3.8) is 0 Å². The van der Waals surface area contributed by atoms with Gasteiger partial charge in [0, 0.05) is 5.02 Å². The maximum atomic E-state index is 9.76. The molecule has 0 aromatic heterocycles. The molecule has 1 aromatic carbocycles. The van der Waals surface area contributed by atoms with Crippen LogP contribution in [0.2, 0.25) is 5.02 Å². The Morgan fingerprint density at radius 2 is 2.20 bits per heavy atom. The molecule has 1 rings (SSSR count). The SMILES string of the molecule is CCC(C)(O)COc1ccc(Cl)cc1Br. The Hall–Kier alpha value is -0.250. The Morgan fingerprint density at radius 3 is 2.73 bits per heavy atom. The van der Waals surface area contributed by atoms with Crippen molar-refractivity contribution in [1.29, 1.82) is 0 Å². The summed E-state index contributed by atoms with van der Waals surface area (Å²) in [6.45, 7) is 3.93. The topological polar surface area (TPSA) is 29.5 Å². The molecule has 0 saturated carbocycles. The molecule has 1 unspecified atom stereocenters. The van der Waals surface area contributed by atoms with E-state index in [-0.39, 0.29) is 6.61 Å². The predicted octanol–water partition coefficient (Wildman–Crippen LogP) is 3.64. The second kappa shape index (κ2) is 5.19. The molecule has 84 valence electrons. The maximum Gasteiger partial charge on any atom is 0.133 e. The first-order valence-electron chi connectivity index (χ1n) is 4.75. The Bertz CT molecular complexity index is 339. The van der Waals surface area contributed by atoms with E-state index in [1.807, 2.05) is 6.92 Å². The summed E-state index contributed by atoms with van der Waals surface area (Å²) >= 11 is 9.15. The Labute approximate surface area is 103 Å². The molecule has 0 spiro atoms. The average Bonchev–Trinajstić information content (AvgIpc) is 2.16. The fourth-order valence-corrected chi connectivity index (χ4v) is 1.72. The van der Waals surface area contributed by atoms with E-state index >= 15 is 0 Å². The van der Waals surface area contributed by atoms with Crippen LogP contribution in [0, 0.1) is 0 Å². The van der Waals surface area contributed by atoms with Crippen molar-refractivity contribution in [3.05, 3.63) is 27.7 Å². The third-order valence-corrected chi connectivity index (χ3v) is 3.05. The van der Waals surface area contributed by atoms with Gasteiger partial charge < -0.3 is 9.84 Å². The first kappa shape index (κ1) is 12.8. The summed E-state index contributed by atoms with van der Waals surface area (Å²) in [5.41, 5.74) is -0.793. The van der Waals surface area contributed by atoms with E-state index in [0.29, 0.717) is 17.2 Å². The number of aliphatic hydroxyl groups is 1. The lowest BCUT2D eigenvalue weighted by atomic mass is 10.1. The largest absolute Gasteiger partial charge is 0.489 e. The molecule has 2 nitrogen and oxygen atoms in total. The van der Waals surface area contributed by atoms with Gasteiger partial charge in [0.05, 0.1) is 10.1 Å². The van der Waals surface area contributed by atoms with E-state index in [9.17, 15) is 5.11 Å². The highest BCUT2D eigenvalue weighted by Crippen LogP contribution is 2.28. The summed E-state index contributed by atoms with van der Waals surface area (Å²) in [7, 11) is 0. The van der Waals surface area contributed by atoms with Gasteiger partial charge in [-0.15, -0.1) is 0 Å². The highest BCUT2D eigenvalue weighted by atomic mass is 79.9. The van der Waals surface area contributed by atoms with Crippen LogP contribution in [0.5, 0.6) is 5.75 Å². The van der Waals surface area contributed by atoms with Crippen molar-refractivity contribution in [1.82, 2.24) is 0 Å². The van der Waals surface area contributed by atoms with Gasteiger partial charge in [0.1, 0.15) is 12.4 Å². The van der Waals surface area contributed by atoms with Crippen LogP contribution < -0.4 is 4.74 Å². The first-order chi connectivity index (χ1) is 6.94. The number of ether oxygens (including phenoxy) is 1. The van der Waals surface area contributed by atoms with Crippen LogP contribution in [0.15, 0.2) is 22.7 Å². The van der Waals surface area contributed by atoms with Crippen LogP contribution in [0.1, 0.15) is 20.3 Å². The fraction of sp³-hybridized carbons (Fsp3) is 0.455. The zero-order valence-corrected chi connectivity index (χ0v) is 11.1. The molecule has 0 aliphatic rings. The van der Waals surface area contributed by atoms with Gasteiger partial charge in [-0.1, -0.05) is 18.5 Å². The molecule has 0 heterocycles. The Balaban J connectivity index is 2.66. The van der Waals surface area contributed by atoms with Gasteiger partial charge in [0.25, 0.3) is 0 Å². The normalized spacial score (nSPS) is 14.7. The third kappa shape index (κ3) is 4.01. The monoisotopic (exact) mass is 292 g/mol. The van der Waals surface area contributed by atoms with Gasteiger partial charge in [-0.2, -0.15) is 0 Å². The average molecular weight is 294 g/mol. The summed E-state index contributed by atoms with van der Waals surface area (Å²) in [6.07, 6.45) is 0.651. The van der Waals surface area contributed by atoms with Crippen molar-refractivity contribution in [2.75, 3.05) is 6.61 Å². The van der Waals surface area contributed by atoms with Crippen molar-refractivity contribution in [2.24, 2.45) is 0 Å². The zero-order chi connectivity index (χ0) is 11.5. The number of halogens is 2. The molecule has 0 saturated heterocycles. The number of rotatable bonds is 4. The van der Waals surface area contributed by atoms with Crippen molar-refractivity contribution < 1.29 is 9.84 Å². The zero-order valence-electron chi connectivity index (χ0n) is 8.76. The van der Waals surface area contributed by atoms with Gasteiger partial charge in [-0.25, -0.2) is 0 Å². The molecule has 1 atom stereocenters. The van der Waals surface area contributed by atoms with E-state index < -0.39 is 5.60 Å². The van der Waals surface area contributed by atoms with Crippen molar-refractivity contribution in [2.45, 2.75) is 25.9 Å². The van der Waals surface area contributed by atoms with Gasteiger partial charge >= 0.3 is 0 Å². The molecule has 0 bridgehead atoms. The third-order valence-electron chi connectivity index (χ3n) is 2.19. The van der Waals surface area contributed by atoms with Gasteiger partial charge in [-0.3, -0.25) is 0 Å². The molecule has 0 fully saturated rings. The highest BCUT2D eigenvalue weighted by molar-refractivity contribution is 9.10. The summed E-state index contributed by atoms with van der Waals surface area (Å²) in [5, 5.41) is 10.4. The molecule has 0 amide bonds. The lowest BCUT2D eigenvalue weighted by molar-refractivity contribution is 0.00824. The minimum absolute atomic E-state index is 0.268. The van der Waals surface area contributed by atoms with Crippen molar-refractivity contribution in [3.8, 4) is 5.75 Å². The van der Waals surface area contributed by atoms with Crippen LogP contribution in [-0.4, -0.2) is 17.3 Å². The minimum atomic E-state index is -0.793. The molecule has 0 aliphatic heterocycles. The van der Waals surface area contributed by atoms with Crippen LogP contribution in [-0.2, 0) is 0 Å². The van der Waals surface area contributed by atoms with E-state index in [2.05, 4.69) is 15.9 Å². The van der Waals surface area contributed by atoms with Crippen LogP contribution in [0.3, 0.4) is 0 Å². The minimum Gasteiger partial charge on any atom is -0.489 e. The number of hydrogen-bond acceptors (Lipinski definition) is 2. The van der Waals surface area contributed by atoms with E-state index in [1.165, 1.54) is 0 Å². The van der Waals surface area contributed by atoms with Gasteiger partial charge in [0.2, 0.25) is 0 Å². The lowest BCUT2D eigenvalue weighted by Gasteiger charge is -2.21. The summed E-state index contributed by atoms with van der Waals surface area (Å²) in [5.74, 6) is 0.688. The summed E-state index contributed by atoms with van der Waals surface area (Å²) < 4.78 is 6.29. The smallest absolute Gasteiger partial charge is 0.133 e. The molecule has 1 N–H and O–H groups in total. The van der Waals surface area contributed by atoms with E-state index in [1.54, 1.807) is 25.1 Å². The van der Waals surface area contributed by atoms with Gasteiger partial charge in [0.15, 0.2) is 0 Å². The molecule has 0 radical (unpaired) electrons. The lowest BCUT2D eigenvalue weighted by Crippen LogP contribution is -2.31. The van der Waals surface area contributed by atoms with E-state index in [4.69, 9.17) is 16.3 Å². The quantitative estimate of drug-likeness (QED) is 0.918. The number of benzene rings is 1. The second-order valence-corrected chi connectivity index (χ2v) is 5.00. The van der Waals surface area contributed by atoms with Crippen molar-refractivity contribution >= 4 is 27.5 Å². The Morgan fingerprint density at radius 1 is 1.53 bits per heavy atom. The van der Waals surface area contributed by atoms with E-state index in [0.717, 1.165) is 4.47 Å². The van der Waals surface area contributed by atoms with Crippen LogP contribution in [0.25, 0.3) is 0 Å². The van der Waals surface area contributed by atoms with Gasteiger partial charge in [-0.05, 0) is 47.5 Å². The van der Waals surface area contributed by atoms with Crippen LogP contribution >= 0.6 is 27.5 Å². The summed E-state index contributed by atoms with van der Waals surface area (Å²) in [4.78, 5) is 0. The molecule has 15 heavy (non-hydrogen) atoms. The molecule has 1 aromatic rings. The molecular weight excluding hydrogens is 279 g/mol. The molecule has 0 aliphatic carbocycles. The molecule has 4 heteroatoms. The molecular formula is C11H14BrClO2. The standard InChI is InChI=1S/C11H14BrClO2/c1-3-11(2,14)7-15-10-5-4-8(13)6-9(10)12/h4-6,14H,3,7H2,1-2H3. The number of hydrogen-bond donors (Lipinski definition) is 1. The first-order valence-corrected chi connectivity index (χ1v) is 5.92.